The summed E-state index contributed by atoms with van der Waals surface area (Å²) >= 11 is 1.80. The highest BCUT2D eigenvalue weighted by molar-refractivity contribution is 8.00. The maximum absolute atomic E-state index is 11.3. The van der Waals surface area contributed by atoms with Crippen LogP contribution in [0.15, 0.2) is 0 Å². The minimum absolute atomic E-state index is 0.223. The number of hydrogen-bond donors (Lipinski definition) is 1. The zero-order valence-electron chi connectivity index (χ0n) is 7.80. The number of hydrogen-bond acceptors (Lipinski definition) is 2. The first-order valence-corrected chi connectivity index (χ1v) is 5.64. The predicted octanol–water partition coefficient (Wildman–Crippen LogP) is 1.65. The van der Waals surface area contributed by atoms with E-state index in [9.17, 15) is 4.79 Å². The average Bonchev–Trinajstić information content (AvgIpc) is 2.03. The van der Waals surface area contributed by atoms with Gasteiger partial charge in [-0.25, -0.2) is 0 Å². The van der Waals surface area contributed by atoms with Crippen LogP contribution in [0.2, 0.25) is 0 Å². The van der Waals surface area contributed by atoms with Crippen LogP contribution in [-0.4, -0.2) is 23.5 Å². The van der Waals surface area contributed by atoms with Gasteiger partial charge in [0, 0.05) is 6.54 Å². The van der Waals surface area contributed by atoms with E-state index >= 15 is 0 Å². The van der Waals surface area contributed by atoms with E-state index < -0.39 is 0 Å². The first-order chi connectivity index (χ1) is 5.70. The van der Waals surface area contributed by atoms with Gasteiger partial charge in [0.25, 0.3) is 0 Å². The zero-order valence-corrected chi connectivity index (χ0v) is 8.62. The van der Waals surface area contributed by atoms with Crippen molar-refractivity contribution in [2.75, 3.05) is 12.3 Å². The van der Waals surface area contributed by atoms with Crippen molar-refractivity contribution in [3.8, 4) is 0 Å². The summed E-state index contributed by atoms with van der Waals surface area (Å²) in [5, 5.41) is 3.12. The van der Waals surface area contributed by atoms with Crippen molar-refractivity contribution < 1.29 is 4.79 Å². The van der Waals surface area contributed by atoms with Crippen LogP contribution in [0, 0.1) is 5.92 Å². The SMILES string of the molecule is CC(C)CSC1CCCNC1=O. The molecule has 70 valence electrons. The lowest BCUT2D eigenvalue weighted by molar-refractivity contribution is -0.121. The molecule has 0 aromatic carbocycles. The Hall–Kier alpha value is -0.180. The van der Waals surface area contributed by atoms with Crippen molar-refractivity contribution in [3.63, 3.8) is 0 Å². The standard InChI is InChI=1S/C9H17NOS/c1-7(2)6-12-8-4-3-5-10-9(8)11/h7-8H,3-6H2,1-2H3,(H,10,11). The largest absolute Gasteiger partial charge is 0.355 e. The van der Waals surface area contributed by atoms with E-state index in [1.165, 1.54) is 0 Å². The molecule has 1 saturated heterocycles. The Morgan fingerprint density at radius 1 is 1.67 bits per heavy atom. The molecule has 1 aliphatic rings. The molecule has 1 atom stereocenters. The topological polar surface area (TPSA) is 29.1 Å². The molecule has 0 aromatic heterocycles. The first-order valence-electron chi connectivity index (χ1n) is 4.59. The normalized spacial score (nSPS) is 24.2. The Balaban J connectivity index is 2.25. The van der Waals surface area contributed by atoms with Crippen LogP contribution in [0.3, 0.4) is 0 Å². The van der Waals surface area contributed by atoms with Gasteiger partial charge in [0.15, 0.2) is 0 Å². The van der Waals surface area contributed by atoms with Crippen LogP contribution < -0.4 is 5.32 Å². The second-order valence-electron chi connectivity index (χ2n) is 3.65. The van der Waals surface area contributed by atoms with E-state index in [4.69, 9.17) is 0 Å². The summed E-state index contributed by atoms with van der Waals surface area (Å²) in [5.74, 6) is 2.02. The lowest BCUT2D eigenvalue weighted by Crippen LogP contribution is -2.38. The van der Waals surface area contributed by atoms with Gasteiger partial charge in [-0.1, -0.05) is 13.8 Å². The third kappa shape index (κ3) is 3.05. The summed E-state index contributed by atoms with van der Waals surface area (Å²) in [5.41, 5.74) is 0. The lowest BCUT2D eigenvalue weighted by Gasteiger charge is -2.21. The summed E-state index contributed by atoms with van der Waals surface area (Å²) < 4.78 is 0. The number of carbonyl (C=O) groups excluding carboxylic acids is 1. The summed E-state index contributed by atoms with van der Waals surface area (Å²) in [6.45, 7) is 5.25. The minimum Gasteiger partial charge on any atom is -0.355 e. The molecule has 0 bridgehead atoms. The Labute approximate surface area is 78.5 Å². The Bertz CT molecular complexity index is 159. The van der Waals surface area contributed by atoms with Gasteiger partial charge < -0.3 is 5.32 Å². The highest BCUT2D eigenvalue weighted by atomic mass is 32.2. The highest BCUT2D eigenvalue weighted by Crippen LogP contribution is 2.21. The molecule has 1 N–H and O–H groups in total. The van der Waals surface area contributed by atoms with Crippen molar-refractivity contribution in [1.82, 2.24) is 5.32 Å². The quantitative estimate of drug-likeness (QED) is 0.728. The molecule has 0 radical (unpaired) electrons. The van der Waals surface area contributed by atoms with Crippen molar-refractivity contribution in [1.29, 1.82) is 0 Å². The monoisotopic (exact) mass is 187 g/mol. The second kappa shape index (κ2) is 4.75. The van der Waals surface area contributed by atoms with E-state index in [-0.39, 0.29) is 11.2 Å². The van der Waals surface area contributed by atoms with E-state index in [2.05, 4.69) is 19.2 Å². The molecular formula is C9H17NOS. The van der Waals surface area contributed by atoms with Gasteiger partial charge in [-0.05, 0) is 24.5 Å². The second-order valence-corrected chi connectivity index (χ2v) is 4.88. The number of amides is 1. The van der Waals surface area contributed by atoms with Crippen LogP contribution >= 0.6 is 11.8 Å². The van der Waals surface area contributed by atoms with Gasteiger partial charge in [0.2, 0.25) is 5.91 Å². The van der Waals surface area contributed by atoms with Gasteiger partial charge in [0.1, 0.15) is 0 Å². The summed E-state index contributed by atoms with van der Waals surface area (Å²) in [4.78, 5) is 11.3. The fourth-order valence-electron chi connectivity index (χ4n) is 1.21. The van der Waals surface area contributed by atoms with E-state index in [0.29, 0.717) is 5.92 Å². The third-order valence-electron chi connectivity index (χ3n) is 1.87. The van der Waals surface area contributed by atoms with Crippen molar-refractivity contribution in [3.05, 3.63) is 0 Å². The summed E-state index contributed by atoms with van der Waals surface area (Å²) in [6, 6.07) is 0. The van der Waals surface area contributed by atoms with Gasteiger partial charge in [-0.2, -0.15) is 0 Å². The van der Waals surface area contributed by atoms with Crippen LogP contribution in [0.25, 0.3) is 0 Å². The van der Waals surface area contributed by atoms with Gasteiger partial charge in [-0.15, -0.1) is 11.8 Å². The maximum Gasteiger partial charge on any atom is 0.233 e. The third-order valence-corrected chi connectivity index (χ3v) is 3.58. The molecular weight excluding hydrogens is 170 g/mol. The number of piperidine rings is 1. The molecule has 0 spiro atoms. The summed E-state index contributed by atoms with van der Waals surface area (Å²) in [6.07, 6.45) is 2.20. The average molecular weight is 187 g/mol. The van der Waals surface area contributed by atoms with Crippen molar-refractivity contribution in [2.45, 2.75) is 31.9 Å². The molecule has 1 unspecified atom stereocenters. The smallest absolute Gasteiger partial charge is 0.233 e. The fourth-order valence-corrected chi connectivity index (χ4v) is 2.40. The Morgan fingerprint density at radius 3 is 3.00 bits per heavy atom. The number of nitrogens with one attached hydrogen (secondary N) is 1. The van der Waals surface area contributed by atoms with Gasteiger partial charge in [0.05, 0.1) is 5.25 Å². The molecule has 1 aliphatic heterocycles. The predicted molar refractivity (Wildman–Crippen MR) is 53.3 cm³/mol. The molecule has 3 heteroatoms. The molecule has 1 rings (SSSR count). The molecule has 12 heavy (non-hydrogen) atoms. The highest BCUT2D eigenvalue weighted by Gasteiger charge is 2.21. The number of rotatable bonds is 3. The molecule has 0 aliphatic carbocycles. The van der Waals surface area contributed by atoms with Crippen molar-refractivity contribution >= 4 is 17.7 Å². The maximum atomic E-state index is 11.3. The van der Waals surface area contributed by atoms with Crippen LogP contribution in [0.4, 0.5) is 0 Å². The summed E-state index contributed by atoms with van der Waals surface area (Å²) in [7, 11) is 0. The van der Waals surface area contributed by atoms with E-state index in [1.807, 2.05) is 0 Å². The molecule has 0 aromatic rings. The van der Waals surface area contributed by atoms with Crippen LogP contribution in [0.5, 0.6) is 0 Å². The Morgan fingerprint density at radius 2 is 2.42 bits per heavy atom. The number of thioether (sulfide) groups is 1. The van der Waals surface area contributed by atoms with Gasteiger partial charge in [-0.3, -0.25) is 4.79 Å². The van der Waals surface area contributed by atoms with E-state index in [0.717, 1.165) is 25.1 Å². The van der Waals surface area contributed by atoms with Crippen LogP contribution in [0.1, 0.15) is 26.7 Å². The minimum atomic E-state index is 0.223. The van der Waals surface area contributed by atoms with Gasteiger partial charge >= 0.3 is 0 Å². The molecule has 1 heterocycles. The molecule has 1 fully saturated rings. The Kier molecular flexibility index (Phi) is 3.92. The molecule has 1 amide bonds. The first kappa shape index (κ1) is 9.90. The molecule has 0 saturated carbocycles. The van der Waals surface area contributed by atoms with Crippen molar-refractivity contribution in [2.24, 2.45) is 5.92 Å². The fraction of sp³-hybridized carbons (Fsp3) is 0.889. The van der Waals surface area contributed by atoms with Crippen LogP contribution in [-0.2, 0) is 4.79 Å². The molecule has 2 nitrogen and oxygen atoms in total. The zero-order chi connectivity index (χ0) is 8.97. The van der Waals surface area contributed by atoms with E-state index in [1.54, 1.807) is 11.8 Å². The lowest BCUT2D eigenvalue weighted by atomic mass is 10.1. The number of carbonyl (C=O) groups is 1.